The molecule has 104 valence electrons. The molecule has 1 aliphatic rings. The van der Waals surface area contributed by atoms with Crippen molar-refractivity contribution >= 4 is 5.91 Å². The van der Waals surface area contributed by atoms with Gasteiger partial charge >= 0.3 is 0 Å². The molecule has 1 unspecified atom stereocenters. The van der Waals surface area contributed by atoms with Gasteiger partial charge in [0.05, 0.1) is 12.5 Å². The molecule has 2 rings (SSSR count). The van der Waals surface area contributed by atoms with Gasteiger partial charge in [-0.15, -0.1) is 0 Å². The lowest BCUT2D eigenvalue weighted by Crippen LogP contribution is -2.31. The van der Waals surface area contributed by atoms with Crippen LogP contribution >= 0.6 is 0 Å². The standard InChI is InChI=1S/C15H20FNO2/c16-14-7-2-1-5-12(14)8-9-17-15(18)11-13-6-3-4-10-19-13/h1-2,5,7,13H,3-4,6,8-11H2,(H,17,18). The van der Waals surface area contributed by atoms with Gasteiger partial charge in [0, 0.05) is 13.2 Å². The first-order chi connectivity index (χ1) is 9.25. The Bertz CT molecular complexity index is 416. The number of rotatable bonds is 5. The molecule has 0 aliphatic carbocycles. The molecule has 4 heteroatoms. The SMILES string of the molecule is O=C(CC1CCCCO1)NCCc1ccccc1F. The van der Waals surface area contributed by atoms with Crippen molar-refractivity contribution in [3.05, 3.63) is 35.6 Å². The predicted molar refractivity (Wildman–Crippen MR) is 71.3 cm³/mol. The average molecular weight is 265 g/mol. The number of carbonyl (C=O) groups is 1. The predicted octanol–water partition coefficient (Wildman–Crippen LogP) is 2.44. The zero-order valence-corrected chi connectivity index (χ0v) is 11.0. The number of hydrogen-bond acceptors (Lipinski definition) is 2. The highest BCUT2D eigenvalue weighted by molar-refractivity contribution is 5.76. The van der Waals surface area contributed by atoms with E-state index in [0.29, 0.717) is 24.9 Å². The molecule has 1 amide bonds. The van der Waals surface area contributed by atoms with Gasteiger partial charge in [-0.3, -0.25) is 4.79 Å². The van der Waals surface area contributed by atoms with Crippen LogP contribution in [0.25, 0.3) is 0 Å². The highest BCUT2D eigenvalue weighted by Crippen LogP contribution is 2.15. The molecule has 1 saturated heterocycles. The first-order valence-corrected chi connectivity index (χ1v) is 6.87. The third-order valence-corrected chi connectivity index (χ3v) is 3.36. The van der Waals surface area contributed by atoms with Crippen LogP contribution in [0.4, 0.5) is 4.39 Å². The molecule has 0 spiro atoms. The Hall–Kier alpha value is -1.42. The number of amides is 1. The smallest absolute Gasteiger partial charge is 0.222 e. The lowest BCUT2D eigenvalue weighted by atomic mass is 10.1. The van der Waals surface area contributed by atoms with E-state index in [-0.39, 0.29) is 17.8 Å². The largest absolute Gasteiger partial charge is 0.378 e. The molecular formula is C15H20FNO2. The van der Waals surface area contributed by atoms with E-state index in [1.165, 1.54) is 6.07 Å². The molecule has 0 radical (unpaired) electrons. The normalized spacial score (nSPS) is 19.1. The zero-order chi connectivity index (χ0) is 13.5. The quantitative estimate of drug-likeness (QED) is 0.888. The summed E-state index contributed by atoms with van der Waals surface area (Å²) in [6.07, 6.45) is 4.17. The first kappa shape index (κ1) is 14.0. The molecule has 0 saturated carbocycles. The van der Waals surface area contributed by atoms with Gasteiger partial charge in [0.1, 0.15) is 5.82 Å². The molecule has 19 heavy (non-hydrogen) atoms. The van der Waals surface area contributed by atoms with Crippen molar-refractivity contribution in [2.75, 3.05) is 13.2 Å². The van der Waals surface area contributed by atoms with Crippen LogP contribution in [0.2, 0.25) is 0 Å². The van der Waals surface area contributed by atoms with Crippen LogP contribution in [0.5, 0.6) is 0 Å². The Kier molecular flexibility index (Phi) is 5.33. The Morgan fingerprint density at radius 2 is 2.21 bits per heavy atom. The third-order valence-electron chi connectivity index (χ3n) is 3.36. The summed E-state index contributed by atoms with van der Waals surface area (Å²) in [5.74, 6) is -0.226. The highest BCUT2D eigenvalue weighted by atomic mass is 19.1. The van der Waals surface area contributed by atoms with E-state index >= 15 is 0 Å². The Morgan fingerprint density at radius 3 is 2.95 bits per heavy atom. The van der Waals surface area contributed by atoms with Crippen LogP contribution < -0.4 is 5.32 Å². The number of benzene rings is 1. The molecule has 0 aromatic heterocycles. The number of ether oxygens (including phenoxy) is 1. The van der Waals surface area contributed by atoms with Gasteiger partial charge in [0.2, 0.25) is 5.91 Å². The second-order valence-corrected chi connectivity index (χ2v) is 4.88. The molecular weight excluding hydrogens is 245 g/mol. The monoisotopic (exact) mass is 265 g/mol. The minimum Gasteiger partial charge on any atom is -0.378 e. The van der Waals surface area contributed by atoms with Crippen LogP contribution in [-0.4, -0.2) is 25.2 Å². The van der Waals surface area contributed by atoms with Gasteiger partial charge in [-0.05, 0) is 37.3 Å². The highest BCUT2D eigenvalue weighted by Gasteiger charge is 2.17. The molecule has 1 aromatic carbocycles. The maximum atomic E-state index is 13.4. The number of halogens is 1. The molecule has 1 atom stereocenters. The van der Waals surface area contributed by atoms with Crippen molar-refractivity contribution in [2.24, 2.45) is 0 Å². The van der Waals surface area contributed by atoms with E-state index in [2.05, 4.69) is 5.32 Å². The topological polar surface area (TPSA) is 38.3 Å². The first-order valence-electron chi connectivity index (χ1n) is 6.87. The summed E-state index contributed by atoms with van der Waals surface area (Å²) < 4.78 is 18.9. The second-order valence-electron chi connectivity index (χ2n) is 4.88. The van der Waals surface area contributed by atoms with Gasteiger partial charge in [0.15, 0.2) is 0 Å². The van der Waals surface area contributed by atoms with Crippen molar-refractivity contribution < 1.29 is 13.9 Å². The third kappa shape index (κ3) is 4.63. The molecule has 0 bridgehead atoms. The maximum absolute atomic E-state index is 13.4. The van der Waals surface area contributed by atoms with E-state index in [4.69, 9.17) is 4.74 Å². The van der Waals surface area contributed by atoms with Gasteiger partial charge in [-0.2, -0.15) is 0 Å². The van der Waals surface area contributed by atoms with Crippen LogP contribution in [0.3, 0.4) is 0 Å². The molecule has 1 heterocycles. The second kappa shape index (κ2) is 7.24. The Balaban J connectivity index is 1.67. The fourth-order valence-electron chi connectivity index (χ4n) is 2.29. The lowest BCUT2D eigenvalue weighted by molar-refractivity contribution is -0.124. The number of nitrogens with one attached hydrogen (secondary N) is 1. The van der Waals surface area contributed by atoms with Gasteiger partial charge in [-0.25, -0.2) is 4.39 Å². The summed E-state index contributed by atoms with van der Waals surface area (Å²) in [5, 5.41) is 2.82. The molecule has 1 aromatic rings. The summed E-state index contributed by atoms with van der Waals surface area (Å²) >= 11 is 0. The maximum Gasteiger partial charge on any atom is 0.222 e. The van der Waals surface area contributed by atoms with Crippen molar-refractivity contribution in [1.29, 1.82) is 0 Å². The summed E-state index contributed by atoms with van der Waals surface area (Å²) in [6, 6.07) is 6.65. The summed E-state index contributed by atoms with van der Waals surface area (Å²) in [7, 11) is 0. The average Bonchev–Trinajstić information content (AvgIpc) is 2.42. The number of hydrogen-bond donors (Lipinski definition) is 1. The van der Waals surface area contributed by atoms with Crippen LogP contribution in [0.1, 0.15) is 31.2 Å². The minimum atomic E-state index is -0.215. The number of carbonyl (C=O) groups excluding carboxylic acids is 1. The molecule has 1 fully saturated rings. The van der Waals surface area contributed by atoms with Crippen molar-refractivity contribution in [1.82, 2.24) is 5.32 Å². The van der Waals surface area contributed by atoms with Crippen LogP contribution in [-0.2, 0) is 16.0 Å². The van der Waals surface area contributed by atoms with Gasteiger partial charge in [-0.1, -0.05) is 18.2 Å². The lowest BCUT2D eigenvalue weighted by Gasteiger charge is -2.21. The van der Waals surface area contributed by atoms with E-state index in [0.717, 1.165) is 25.9 Å². The summed E-state index contributed by atoms with van der Waals surface area (Å²) in [6.45, 7) is 1.22. The van der Waals surface area contributed by atoms with Crippen LogP contribution in [0.15, 0.2) is 24.3 Å². The molecule has 1 N–H and O–H groups in total. The van der Waals surface area contributed by atoms with E-state index in [1.807, 2.05) is 0 Å². The fourth-order valence-corrected chi connectivity index (χ4v) is 2.29. The zero-order valence-electron chi connectivity index (χ0n) is 11.0. The molecule has 3 nitrogen and oxygen atoms in total. The molecule has 1 aliphatic heterocycles. The van der Waals surface area contributed by atoms with Crippen molar-refractivity contribution in [3.8, 4) is 0 Å². The fraction of sp³-hybridized carbons (Fsp3) is 0.533. The van der Waals surface area contributed by atoms with E-state index < -0.39 is 0 Å². The summed E-state index contributed by atoms with van der Waals surface area (Å²) in [4.78, 5) is 11.7. The van der Waals surface area contributed by atoms with E-state index in [1.54, 1.807) is 18.2 Å². The Morgan fingerprint density at radius 1 is 1.37 bits per heavy atom. The summed E-state index contributed by atoms with van der Waals surface area (Å²) in [5.41, 5.74) is 0.636. The minimum absolute atomic E-state index is 0.0109. The Labute approximate surface area is 113 Å². The van der Waals surface area contributed by atoms with E-state index in [9.17, 15) is 9.18 Å². The van der Waals surface area contributed by atoms with Crippen molar-refractivity contribution in [3.63, 3.8) is 0 Å². The van der Waals surface area contributed by atoms with Gasteiger partial charge < -0.3 is 10.1 Å². The van der Waals surface area contributed by atoms with Crippen molar-refractivity contribution in [2.45, 2.75) is 38.2 Å². The van der Waals surface area contributed by atoms with Gasteiger partial charge in [0.25, 0.3) is 0 Å². The van der Waals surface area contributed by atoms with Crippen LogP contribution in [0, 0.1) is 5.82 Å².